The number of amides is 1. The van der Waals surface area contributed by atoms with Gasteiger partial charge in [-0.1, -0.05) is 0 Å². The number of hydrogen-bond donors (Lipinski definition) is 2. The first-order valence-corrected chi connectivity index (χ1v) is 5.87. The van der Waals surface area contributed by atoms with Gasteiger partial charge < -0.3 is 10.4 Å². The Bertz CT molecular complexity index is 317. The van der Waals surface area contributed by atoms with Crippen molar-refractivity contribution in [1.82, 2.24) is 5.32 Å². The molecule has 2 atom stereocenters. The van der Waals surface area contributed by atoms with E-state index in [9.17, 15) is 22.8 Å². The molecule has 4 nitrogen and oxygen atoms in total. The van der Waals surface area contributed by atoms with Crippen LogP contribution in [0.2, 0.25) is 0 Å². The third-order valence-electron chi connectivity index (χ3n) is 3.09. The molecule has 0 aromatic heterocycles. The first-order valence-electron chi connectivity index (χ1n) is 5.87. The summed E-state index contributed by atoms with van der Waals surface area (Å²) in [5.41, 5.74) is 0. The topological polar surface area (TPSA) is 66.4 Å². The highest BCUT2D eigenvalue weighted by molar-refractivity contribution is 5.80. The Balaban J connectivity index is 2.20. The van der Waals surface area contributed by atoms with Crippen molar-refractivity contribution in [2.45, 2.75) is 38.3 Å². The van der Waals surface area contributed by atoms with E-state index in [0.717, 1.165) is 0 Å². The predicted molar refractivity (Wildman–Crippen MR) is 56.8 cm³/mol. The van der Waals surface area contributed by atoms with Crippen LogP contribution in [0.5, 0.6) is 0 Å². The van der Waals surface area contributed by atoms with Crippen molar-refractivity contribution in [3.8, 4) is 0 Å². The number of nitrogens with one attached hydrogen (secondary N) is 1. The molecule has 0 spiro atoms. The monoisotopic (exact) mass is 267 g/mol. The first-order chi connectivity index (χ1) is 8.29. The van der Waals surface area contributed by atoms with Crippen LogP contribution in [0.1, 0.15) is 32.1 Å². The van der Waals surface area contributed by atoms with Crippen LogP contribution in [0.4, 0.5) is 13.2 Å². The zero-order chi connectivity index (χ0) is 13.8. The van der Waals surface area contributed by atoms with E-state index < -0.39 is 24.5 Å². The fourth-order valence-electron chi connectivity index (χ4n) is 2.09. The molecule has 18 heavy (non-hydrogen) atoms. The highest BCUT2D eigenvalue weighted by atomic mass is 19.4. The lowest BCUT2D eigenvalue weighted by molar-refractivity contribution is -0.141. The van der Waals surface area contributed by atoms with E-state index in [0.29, 0.717) is 12.8 Å². The number of rotatable bonds is 5. The van der Waals surface area contributed by atoms with Crippen molar-refractivity contribution in [2.24, 2.45) is 11.8 Å². The zero-order valence-electron chi connectivity index (χ0n) is 9.79. The van der Waals surface area contributed by atoms with Crippen LogP contribution < -0.4 is 5.32 Å². The molecular formula is C11H16F3NO3. The fraction of sp³-hybridized carbons (Fsp3) is 0.818. The quantitative estimate of drug-likeness (QED) is 0.748. The van der Waals surface area contributed by atoms with E-state index in [1.54, 1.807) is 0 Å². The maximum Gasteiger partial charge on any atom is 0.389 e. The van der Waals surface area contributed by atoms with Crippen LogP contribution in [0.25, 0.3) is 0 Å². The van der Waals surface area contributed by atoms with Crippen molar-refractivity contribution in [1.29, 1.82) is 0 Å². The lowest BCUT2D eigenvalue weighted by atomic mass is 10.0. The second-order valence-electron chi connectivity index (χ2n) is 4.55. The largest absolute Gasteiger partial charge is 0.481 e. The van der Waals surface area contributed by atoms with Crippen molar-refractivity contribution in [2.75, 3.05) is 6.54 Å². The van der Waals surface area contributed by atoms with Gasteiger partial charge in [-0.25, -0.2) is 0 Å². The molecule has 1 aliphatic rings. The third kappa shape index (κ3) is 4.93. The normalized spacial score (nSPS) is 23.9. The van der Waals surface area contributed by atoms with Gasteiger partial charge in [-0.15, -0.1) is 0 Å². The maximum absolute atomic E-state index is 11.8. The summed E-state index contributed by atoms with van der Waals surface area (Å²) in [6.45, 7) is -0.0212. The molecule has 1 aliphatic carbocycles. The Morgan fingerprint density at radius 3 is 2.33 bits per heavy atom. The minimum atomic E-state index is -4.20. The molecule has 0 aliphatic heterocycles. The molecule has 0 saturated heterocycles. The fourth-order valence-corrected chi connectivity index (χ4v) is 2.09. The number of alkyl halides is 3. The van der Waals surface area contributed by atoms with Crippen LogP contribution >= 0.6 is 0 Å². The van der Waals surface area contributed by atoms with Crippen molar-refractivity contribution < 1.29 is 27.9 Å². The summed E-state index contributed by atoms with van der Waals surface area (Å²) < 4.78 is 35.5. The average molecular weight is 267 g/mol. The number of carbonyl (C=O) groups is 2. The van der Waals surface area contributed by atoms with Crippen LogP contribution in [-0.4, -0.2) is 29.7 Å². The van der Waals surface area contributed by atoms with Gasteiger partial charge >= 0.3 is 12.1 Å². The van der Waals surface area contributed by atoms with Gasteiger partial charge in [-0.2, -0.15) is 13.2 Å². The van der Waals surface area contributed by atoms with Crippen molar-refractivity contribution >= 4 is 11.9 Å². The number of aliphatic carboxylic acids is 1. The van der Waals surface area contributed by atoms with Gasteiger partial charge in [-0.05, 0) is 25.7 Å². The summed E-state index contributed by atoms with van der Waals surface area (Å²) in [6.07, 6.45) is -4.05. The van der Waals surface area contributed by atoms with E-state index in [-0.39, 0.29) is 31.2 Å². The van der Waals surface area contributed by atoms with Crippen molar-refractivity contribution in [3.63, 3.8) is 0 Å². The second-order valence-corrected chi connectivity index (χ2v) is 4.55. The van der Waals surface area contributed by atoms with Gasteiger partial charge in [0.25, 0.3) is 0 Å². The predicted octanol–water partition coefficient (Wildman–Crippen LogP) is 1.95. The summed E-state index contributed by atoms with van der Waals surface area (Å²) in [6, 6.07) is 0. The third-order valence-corrected chi connectivity index (χ3v) is 3.09. The minimum Gasteiger partial charge on any atom is -0.481 e. The van der Waals surface area contributed by atoms with Gasteiger partial charge in [-0.3, -0.25) is 9.59 Å². The summed E-state index contributed by atoms with van der Waals surface area (Å²) in [5.74, 6) is -2.13. The summed E-state index contributed by atoms with van der Waals surface area (Å²) in [7, 11) is 0. The molecule has 1 rings (SSSR count). The Hall–Kier alpha value is -1.27. The molecule has 0 heterocycles. The van der Waals surface area contributed by atoms with Crippen molar-refractivity contribution in [3.05, 3.63) is 0 Å². The molecule has 0 aromatic carbocycles. The molecule has 0 aromatic rings. The van der Waals surface area contributed by atoms with Gasteiger partial charge in [0, 0.05) is 18.9 Å². The molecule has 104 valence electrons. The summed E-state index contributed by atoms with van der Waals surface area (Å²) >= 11 is 0. The van der Waals surface area contributed by atoms with E-state index in [4.69, 9.17) is 5.11 Å². The number of carboxylic acid groups (broad SMARTS) is 1. The molecule has 1 fully saturated rings. The molecule has 0 unspecified atom stereocenters. The van der Waals surface area contributed by atoms with E-state index in [1.165, 1.54) is 0 Å². The Kier molecular flexibility index (Phi) is 4.98. The van der Waals surface area contributed by atoms with Gasteiger partial charge in [0.15, 0.2) is 0 Å². The number of carbonyl (C=O) groups excluding carboxylic acids is 1. The highest BCUT2D eigenvalue weighted by Gasteiger charge is 2.33. The lowest BCUT2D eigenvalue weighted by Gasteiger charge is -2.11. The minimum absolute atomic E-state index is 0.0212. The summed E-state index contributed by atoms with van der Waals surface area (Å²) in [5, 5.41) is 11.2. The van der Waals surface area contributed by atoms with Crippen LogP contribution in [0.3, 0.4) is 0 Å². The maximum atomic E-state index is 11.8. The molecule has 0 radical (unpaired) electrons. The SMILES string of the molecule is O=C(O)[C@H]1CC[C@@H](C(=O)NCCCC(F)(F)F)C1. The van der Waals surface area contributed by atoms with E-state index in [1.807, 2.05) is 0 Å². The number of halogens is 3. The lowest BCUT2D eigenvalue weighted by Crippen LogP contribution is -2.31. The molecular weight excluding hydrogens is 251 g/mol. The highest BCUT2D eigenvalue weighted by Crippen LogP contribution is 2.31. The van der Waals surface area contributed by atoms with Crippen LogP contribution in [0.15, 0.2) is 0 Å². The molecule has 1 amide bonds. The molecule has 7 heteroatoms. The molecule has 0 bridgehead atoms. The summed E-state index contributed by atoms with van der Waals surface area (Å²) in [4.78, 5) is 22.2. The standard InChI is InChI=1S/C11H16F3NO3/c12-11(13,14)4-1-5-15-9(16)7-2-3-8(6-7)10(17)18/h7-8H,1-6H2,(H,15,16)(H,17,18)/t7-,8+/m1/s1. The average Bonchev–Trinajstić information content (AvgIpc) is 2.72. The van der Waals surface area contributed by atoms with Crippen LogP contribution in [-0.2, 0) is 9.59 Å². The Morgan fingerprint density at radius 2 is 1.83 bits per heavy atom. The first kappa shape index (κ1) is 14.8. The smallest absolute Gasteiger partial charge is 0.389 e. The Morgan fingerprint density at radius 1 is 1.22 bits per heavy atom. The van der Waals surface area contributed by atoms with Gasteiger partial charge in [0.05, 0.1) is 5.92 Å². The number of hydrogen-bond acceptors (Lipinski definition) is 2. The molecule has 1 saturated carbocycles. The molecule has 2 N–H and O–H groups in total. The second kappa shape index (κ2) is 6.06. The number of carboxylic acids is 1. The van der Waals surface area contributed by atoms with Gasteiger partial charge in [0.2, 0.25) is 5.91 Å². The van der Waals surface area contributed by atoms with E-state index in [2.05, 4.69) is 5.32 Å². The van der Waals surface area contributed by atoms with Crippen LogP contribution in [0, 0.1) is 11.8 Å². The zero-order valence-corrected chi connectivity index (χ0v) is 9.79. The van der Waals surface area contributed by atoms with Gasteiger partial charge in [0.1, 0.15) is 0 Å². The Labute approximate surface area is 103 Å². The van der Waals surface area contributed by atoms with E-state index >= 15 is 0 Å².